The Labute approximate surface area is 137 Å². The average molecular weight is 318 g/mol. The van der Waals surface area contributed by atoms with Gasteiger partial charge < -0.3 is 20.5 Å². The number of fused-ring (bicyclic) bond motifs is 1. The molecule has 1 saturated carbocycles. The molecule has 3 N–H and O–H groups in total. The van der Waals surface area contributed by atoms with Crippen molar-refractivity contribution in [1.82, 2.24) is 10.6 Å². The first kappa shape index (κ1) is 16.1. The summed E-state index contributed by atoms with van der Waals surface area (Å²) in [5, 5.41) is 16.0. The third-order valence-corrected chi connectivity index (χ3v) is 4.88. The zero-order valence-corrected chi connectivity index (χ0v) is 13.7. The summed E-state index contributed by atoms with van der Waals surface area (Å²) in [5.41, 5.74) is 2.35. The molecule has 0 aromatic heterocycles. The minimum Gasteiger partial charge on any atom is -0.494 e. The molecule has 5 nitrogen and oxygen atoms in total. The van der Waals surface area contributed by atoms with Crippen molar-refractivity contribution >= 4 is 6.03 Å². The molecular weight excluding hydrogens is 292 g/mol. The molecule has 0 spiro atoms. The lowest BCUT2D eigenvalue weighted by molar-refractivity contribution is 0.0940. The highest BCUT2D eigenvalue weighted by atomic mass is 16.5. The number of ether oxygens (including phenoxy) is 1. The Kier molecular flexibility index (Phi) is 5.06. The number of urea groups is 1. The van der Waals surface area contributed by atoms with Crippen LogP contribution < -0.4 is 15.4 Å². The second-order valence-electron chi connectivity index (χ2n) is 6.42. The molecule has 1 fully saturated rings. The molecule has 0 aliphatic heterocycles. The highest BCUT2D eigenvalue weighted by molar-refractivity contribution is 5.75. The molecule has 3 atom stereocenters. The molecule has 0 bridgehead atoms. The predicted molar refractivity (Wildman–Crippen MR) is 88.6 cm³/mol. The summed E-state index contributed by atoms with van der Waals surface area (Å²) >= 11 is 0. The Bertz CT molecular complexity index is 561. The standard InChI is InChI=1S/C18H26N2O3/c1-2-23-17-9-5-6-12-13(17)10-11-14(12)19-18(22)20-15-7-3-4-8-16(15)21/h5-6,9,14-16,21H,2-4,7-8,10-11H2,1H3,(H2,19,20,22)/t14-,15-,16-/m0/s1. The first-order valence-corrected chi connectivity index (χ1v) is 8.68. The number of rotatable bonds is 4. The lowest BCUT2D eigenvalue weighted by Gasteiger charge is -2.29. The number of hydrogen-bond acceptors (Lipinski definition) is 3. The fourth-order valence-electron chi connectivity index (χ4n) is 3.71. The smallest absolute Gasteiger partial charge is 0.315 e. The molecule has 0 heterocycles. The van der Waals surface area contributed by atoms with Gasteiger partial charge >= 0.3 is 6.03 Å². The van der Waals surface area contributed by atoms with Gasteiger partial charge in [-0.25, -0.2) is 4.79 Å². The maximum Gasteiger partial charge on any atom is 0.315 e. The lowest BCUT2D eigenvalue weighted by Crippen LogP contribution is -2.49. The van der Waals surface area contributed by atoms with Crippen LogP contribution in [0.2, 0.25) is 0 Å². The van der Waals surface area contributed by atoms with Crippen LogP contribution in [0.15, 0.2) is 18.2 Å². The molecule has 126 valence electrons. The summed E-state index contributed by atoms with van der Waals surface area (Å²) in [4.78, 5) is 12.3. The summed E-state index contributed by atoms with van der Waals surface area (Å²) in [7, 11) is 0. The van der Waals surface area contributed by atoms with Crippen molar-refractivity contribution in [2.45, 2.75) is 63.6 Å². The predicted octanol–water partition coefficient (Wildman–Crippen LogP) is 2.68. The molecule has 23 heavy (non-hydrogen) atoms. The van der Waals surface area contributed by atoms with Gasteiger partial charge in [-0.15, -0.1) is 0 Å². The summed E-state index contributed by atoms with van der Waals surface area (Å²) in [6, 6.07) is 5.74. The van der Waals surface area contributed by atoms with Crippen LogP contribution in [0, 0.1) is 0 Å². The van der Waals surface area contributed by atoms with Crippen molar-refractivity contribution in [1.29, 1.82) is 0 Å². The van der Waals surface area contributed by atoms with E-state index in [-0.39, 0.29) is 18.1 Å². The molecule has 1 aromatic carbocycles. The first-order valence-electron chi connectivity index (χ1n) is 8.68. The van der Waals surface area contributed by atoms with Crippen molar-refractivity contribution in [2.75, 3.05) is 6.61 Å². The van der Waals surface area contributed by atoms with Crippen LogP contribution in [0.25, 0.3) is 0 Å². The molecular formula is C18H26N2O3. The van der Waals surface area contributed by atoms with Gasteiger partial charge in [-0.05, 0) is 49.8 Å². The van der Waals surface area contributed by atoms with Crippen LogP contribution in [0.4, 0.5) is 4.79 Å². The Morgan fingerprint density at radius 3 is 2.87 bits per heavy atom. The molecule has 1 aromatic rings. The first-order chi connectivity index (χ1) is 11.2. The zero-order valence-electron chi connectivity index (χ0n) is 13.7. The van der Waals surface area contributed by atoms with Gasteiger partial charge in [0, 0.05) is 0 Å². The van der Waals surface area contributed by atoms with Crippen LogP contribution in [0.1, 0.15) is 56.2 Å². The topological polar surface area (TPSA) is 70.6 Å². The van der Waals surface area contributed by atoms with E-state index in [0.717, 1.165) is 49.8 Å². The van der Waals surface area contributed by atoms with E-state index in [1.807, 2.05) is 19.1 Å². The van der Waals surface area contributed by atoms with Crippen molar-refractivity contribution in [3.8, 4) is 5.75 Å². The minimum absolute atomic E-state index is 0.0196. The summed E-state index contributed by atoms with van der Waals surface area (Å²) in [6.07, 6.45) is 5.11. The van der Waals surface area contributed by atoms with Crippen LogP contribution in [-0.2, 0) is 6.42 Å². The van der Waals surface area contributed by atoms with Gasteiger partial charge in [-0.1, -0.05) is 25.0 Å². The molecule has 0 saturated heterocycles. The maximum absolute atomic E-state index is 12.3. The second-order valence-corrected chi connectivity index (χ2v) is 6.42. The van der Waals surface area contributed by atoms with E-state index in [4.69, 9.17) is 4.74 Å². The number of aliphatic hydroxyl groups is 1. The number of carbonyl (C=O) groups is 1. The normalized spacial score (nSPS) is 26.4. The van der Waals surface area contributed by atoms with Crippen molar-refractivity contribution in [2.24, 2.45) is 0 Å². The summed E-state index contributed by atoms with van der Waals surface area (Å²) in [6.45, 7) is 2.63. The molecule has 0 unspecified atom stereocenters. The van der Waals surface area contributed by atoms with Crippen molar-refractivity contribution < 1.29 is 14.6 Å². The van der Waals surface area contributed by atoms with Crippen molar-refractivity contribution in [3.05, 3.63) is 29.3 Å². The van der Waals surface area contributed by atoms with E-state index in [9.17, 15) is 9.90 Å². The van der Waals surface area contributed by atoms with Crippen molar-refractivity contribution in [3.63, 3.8) is 0 Å². The Morgan fingerprint density at radius 1 is 1.26 bits per heavy atom. The highest BCUT2D eigenvalue weighted by Crippen LogP contribution is 2.36. The number of nitrogens with one attached hydrogen (secondary N) is 2. The third-order valence-electron chi connectivity index (χ3n) is 4.88. The van der Waals surface area contributed by atoms with Crippen LogP contribution >= 0.6 is 0 Å². The molecule has 2 aliphatic carbocycles. The van der Waals surface area contributed by atoms with E-state index in [0.29, 0.717) is 6.61 Å². The Balaban J connectivity index is 1.62. The van der Waals surface area contributed by atoms with Gasteiger partial charge in [-0.2, -0.15) is 0 Å². The van der Waals surface area contributed by atoms with E-state index >= 15 is 0 Å². The Hall–Kier alpha value is -1.75. The van der Waals surface area contributed by atoms with Crippen LogP contribution in [0.5, 0.6) is 5.75 Å². The quantitative estimate of drug-likeness (QED) is 0.799. The maximum atomic E-state index is 12.3. The van der Waals surface area contributed by atoms with E-state index in [1.54, 1.807) is 0 Å². The lowest BCUT2D eigenvalue weighted by atomic mass is 9.93. The summed E-state index contributed by atoms with van der Waals surface area (Å²) in [5.74, 6) is 0.928. The fraction of sp³-hybridized carbons (Fsp3) is 0.611. The molecule has 2 aliphatic rings. The highest BCUT2D eigenvalue weighted by Gasteiger charge is 2.29. The number of amides is 2. The van der Waals surface area contributed by atoms with Gasteiger partial charge in [0.25, 0.3) is 0 Å². The fourth-order valence-corrected chi connectivity index (χ4v) is 3.71. The Morgan fingerprint density at radius 2 is 2.09 bits per heavy atom. The average Bonchev–Trinajstić information content (AvgIpc) is 2.94. The van der Waals surface area contributed by atoms with E-state index < -0.39 is 6.10 Å². The van der Waals surface area contributed by atoms with Crippen LogP contribution in [0.3, 0.4) is 0 Å². The van der Waals surface area contributed by atoms with E-state index in [1.165, 1.54) is 5.56 Å². The molecule has 0 radical (unpaired) electrons. The van der Waals surface area contributed by atoms with Gasteiger partial charge in [0.1, 0.15) is 5.75 Å². The monoisotopic (exact) mass is 318 g/mol. The zero-order chi connectivity index (χ0) is 16.2. The third kappa shape index (κ3) is 3.61. The van der Waals surface area contributed by atoms with Gasteiger partial charge in [0.05, 0.1) is 24.8 Å². The van der Waals surface area contributed by atoms with Gasteiger partial charge in [0.15, 0.2) is 0 Å². The van der Waals surface area contributed by atoms with Gasteiger partial charge in [0.2, 0.25) is 0 Å². The molecule has 3 rings (SSSR count). The number of aliphatic hydroxyl groups excluding tert-OH is 1. The number of hydrogen-bond donors (Lipinski definition) is 3. The SMILES string of the molecule is CCOc1cccc2c1CC[C@@H]2NC(=O)N[C@H]1CCCC[C@@H]1O. The minimum atomic E-state index is -0.421. The molecule has 2 amide bonds. The van der Waals surface area contributed by atoms with E-state index in [2.05, 4.69) is 16.7 Å². The van der Waals surface area contributed by atoms with Crippen LogP contribution in [-0.4, -0.2) is 29.9 Å². The second kappa shape index (κ2) is 7.21. The summed E-state index contributed by atoms with van der Waals surface area (Å²) < 4.78 is 5.68. The largest absolute Gasteiger partial charge is 0.494 e. The number of carbonyl (C=O) groups excluding carboxylic acids is 1. The number of benzene rings is 1. The molecule has 5 heteroatoms. The van der Waals surface area contributed by atoms with Gasteiger partial charge in [-0.3, -0.25) is 0 Å².